The van der Waals surface area contributed by atoms with Gasteiger partial charge in [-0.3, -0.25) is 9.59 Å². The molecule has 1 atom stereocenters. The molecule has 0 spiro atoms. The second-order valence-corrected chi connectivity index (χ2v) is 7.31. The minimum Gasteiger partial charge on any atom is -0.444 e. The van der Waals surface area contributed by atoms with Crippen molar-refractivity contribution in [1.82, 2.24) is 0 Å². The molecule has 0 aromatic heterocycles. The highest BCUT2D eigenvalue weighted by Crippen LogP contribution is 2.30. The Balaban J connectivity index is 1.78. The van der Waals surface area contributed by atoms with Gasteiger partial charge >= 0.3 is 12.1 Å². The summed E-state index contributed by atoms with van der Waals surface area (Å²) in [6.07, 6.45) is -3.72. The number of ether oxygens (including phenoxy) is 1. The minimum atomic E-state index is -4.51. The first-order valence-corrected chi connectivity index (χ1v) is 10.2. The molecule has 1 N–H and O–H groups in total. The summed E-state index contributed by atoms with van der Waals surface area (Å²) in [5.74, 6) is -1.76. The van der Waals surface area contributed by atoms with E-state index in [9.17, 15) is 27.6 Å². The van der Waals surface area contributed by atoms with Crippen LogP contribution < -0.4 is 5.32 Å². The highest BCUT2D eigenvalue weighted by Gasteiger charge is 2.30. The van der Waals surface area contributed by atoms with Crippen LogP contribution in [0.25, 0.3) is 6.08 Å². The Labute approximate surface area is 193 Å². The number of Topliss-reactive ketones (excluding diaryl/α,β-unsaturated/α-hetero) is 1. The predicted octanol–water partition coefficient (Wildman–Crippen LogP) is 5.84. The number of hydrogen-bond acceptors (Lipinski definition) is 4. The molecular formula is C26H20F3NO4. The number of alkyl halides is 3. The van der Waals surface area contributed by atoms with Crippen LogP contribution in [0.5, 0.6) is 0 Å². The van der Waals surface area contributed by atoms with Crippen LogP contribution in [0.2, 0.25) is 0 Å². The van der Waals surface area contributed by atoms with Gasteiger partial charge < -0.3 is 10.1 Å². The summed E-state index contributed by atoms with van der Waals surface area (Å²) in [4.78, 5) is 37.0. The molecule has 3 aromatic carbocycles. The second kappa shape index (κ2) is 10.6. The number of nitrogens with one attached hydrogen (secondary N) is 1. The monoisotopic (exact) mass is 467 g/mol. The molecule has 174 valence electrons. The van der Waals surface area contributed by atoms with Crippen molar-refractivity contribution in [3.8, 4) is 0 Å². The lowest BCUT2D eigenvalue weighted by molar-refractivity contribution is -0.149. The molecule has 0 aliphatic rings. The van der Waals surface area contributed by atoms with Gasteiger partial charge in [-0.2, -0.15) is 13.2 Å². The number of rotatable bonds is 7. The number of hydrogen-bond donors (Lipinski definition) is 1. The van der Waals surface area contributed by atoms with Gasteiger partial charge in [-0.15, -0.1) is 0 Å². The van der Waals surface area contributed by atoms with Crippen LogP contribution in [0.1, 0.15) is 40.1 Å². The highest BCUT2D eigenvalue weighted by molar-refractivity contribution is 5.99. The van der Waals surface area contributed by atoms with E-state index in [-0.39, 0.29) is 11.3 Å². The van der Waals surface area contributed by atoms with Gasteiger partial charge in [-0.1, -0.05) is 54.6 Å². The molecule has 0 radical (unpaired) electrons. The molecule has 0 bridgehead atoms. The third-order valence-corrected chi connectivity index (χ3v) is 4.74. The summed E-state index contributed by atoms with van der Waals surface area (Å²) in [6, 6.07) is 19.0. The van der Waals surface area contributed by atoms with Gasteiger partial charge in [0.25, 0.3) is 5.91 Å². The average Bonchev–Trinajstić information content (AvgIpc) is 2.81. The smallest absolute Gasteiger partial charge is 0.416 e. The second-order valence-electron chi connectivity index (χ2n) is 7.31. The van der Waals surface area contributed by atoms with Crippen molar-refractivity contribution in [2.75, 3.05) is 5.32 Å². The predicted molar refractivity (Wildman–Crippen MR) is 121 cm³/mol. The van der Waals surface area contributed by atoms with Crippen LogP contribution >= 0.6 is 0 Å². The third-order valence-electron chi connectivity index (χ3n) is 4.74. The van der Waals surface area contributed by atoms with Crippen LogP contribution in [0.15, 0.2) is 84.9 Å². The normalized spacial score (nSPS) is 12.2. The van der Waals surface area contributed by atoms with E-state index in [2.05, 4.69) is 5.32 Å². The zero-order valence-electron chi connectivity index (χ0n) is 18.0. The topological polar surface area (TPSA) is 72.5 Å². The molecular weight excluding hydrogens is 447 g/mol. The van der Waals surface area contributed by atoms with Crippen molar-refractivity contribution in [2.24, 2.45) is 0 Å². The fourth-order valence-electron chi connectivity index (χ4n) is 3.06. The maximum absolute atomic E-state index is 12.9. The Morgan fingerprint density at radius 2 is 1.62 bits per heavy atom. The van der Waals surface area contributed by atoms with Gasteiger partial charge in [0.1, 0.15) is 0 Å². The molecule has 0 saturated heterocycles. The van der Waals surface area contributed by atoms with E-state index in [1.54, 1.807) is 48.5 Å². The summed E-state index contributed by atoms with van der Waals surface area (Å²) in [5, 5.41) is 2.62. The van der Waals surface area contributed by atoms with Gasteiger partial charge in [0, 0.05) is 22.9 Å². The minimum absolute atomic E-state index is 0.147. The van der Waals surface area contributed by atoms with Gasteiger partial charge in [0.2, 0.25) is 6.10 Å². The first-order valence-electron chi connectivity index (χ1n) is 10.2. The fraction of sp³-hybridized carbons (Fsp3) is 0.115. The molecule has 3 aromatic rings. The molecule has 0 saturated carbocycles. The Morgan fingerprint density at radius 1 is 0.912 bits per heavy atom. The molecule has 0 heterocycles. The van der Waals surface area contributed by atoms with Crippen molar-refractivity contribution in [3.05, 3.63) is 107 Å². The first-order chi connectivity index (χ1) is 16.1. The van der Waals surface area contributed by atoms with Crippen molar-refractivity contribution in [1.29, 1.82) is 0 Å². The van der Waals surface area contributed by atoms with Crippen LogP contribution in [-0.4, -0.2) is 17.7 Å². The van der Waals surface area contributed by atoms with Crippen LogP contribution in [0.4, 0.5) is 18.9 Å². The van der Waals surface area contributed by atoms with E-state index in [4.69, 9.17) is 4.74 Å². The number of carbonyl (C=O) groups excluding carboxylic acids is 3. The lowest BCUT2D eigenvalue weighted by Crippen LogP contribution is -2.25. The zero-order chi connectivity index (χ0) is 24.7. The van der Waals surface area contributed by atoms with Crippen LogP contribution in [-0.2, 0) is 20.5 Å². The molecule has 34 heavy (non-hydrogen) atoms. The summed E-state index contributed by atoms with van der Waals surface area (Å²) >= 11 is 0. The van der Waals surface area contributed by atoms with Crippen molar-refractivity contribution in [3.63, 3.8) is 0 Å². The van der Waals surface area contributed by atoms with Gasteiger partial charge in [-0.05, 0) is 42.8 Å². The van der Waals surface area contributed by atoms with Crippen molar-refractivity contribution >= 4 is 29.4 Å². The summed E-state index contributed by atoms with van der Waals surface area (Å²) < 4.78 is 44.0. The van der Waals surface area contributed by atoms with E-state index in [1.165, 1.54) is 31.2 Å². The zero-order valence-corrected chi connectivity index (χ0v) is 18.0. The SMILES string of the molecule is CC(=O)c1cccc(NC(=O)C(OC(=O)/C=C/c2cccc(C(F)(F)F)c2)c2ccccc2)c1. The molecule has 3 rings (SSSR count). The summed E-state index contributed by atoms with van der Waals surface area (Å²) in [7, 11) is 0. The Morgan fingerprint density at radius 3 is 2.29 bits per heavy atom. The number of amides is 1. The van der Waals surface area contributed by atoms with Gasteiger partial charge in [-0.25, -0.2) is 4.79 Å². The lowest BCUT2D eigenvalue weighted by Gasteiger charge is -2.17. The van der Waals surface area contributed by atoms with Gasteiger partial charge in [0.05, 0.1) is 5.56 Å². The van der Waals surface area contributed by atoms with Crippen molar-refractivity contribution in [2.45, 2.75) is 19.2 Å². The lowest BCUT2D eigenvalue weighted by atomic mass is 10.1. The largest absolute Gasteiger partial charge is 0.444 e. The summed E-state index contributed by atoms with van der Waals surface area (Å²) in [6.45, 7) is 1.40. The number of anilines is 1. The molecule has 8 heteroatoms. The third kappa shape index (κ3) is 6.65. The molecule has 5 nitrogen and oxygen atoms in total. The quantitative estimate of drug-likeness (QED) is 0.269. The molecule has 0 aliphatic heterocycles. The van der Waals surface area contributed by atoms with Crippen LogP contribution in [0.3, 0.4) is 0 Å². The van der Waals surface area contributed by atoms with Crippen LogP contribution in [0, 0.1) is 0 Å². The number of ketones is 1. The first kappa shape index (κ1) is 24.4. The van der Waals surface area contributed by atoms with E-state index >= 15 is 0 Å². The number of benzene rings is 3. The Bertz CT molecular complexity index is 1220. The average molecular weight is 467 g/mol. The maximum atomic E-state index is 12.9. The fourth-order valence-corrected chi connectivity index (χ4v) is 3.06. The van der Waals surface area contributed by atoms with E-state index < -0.39 is 29.7 Å². The highest BCUT2D eigenvalue weighted by atomic mass is 19.4. The Kier molecular flexibility index (Phi) is 7.63. The molecule has 1 unspecified atom stereocenters. The standard InChI is InChI=1S/C26H20F3NO4/c1-17(31)20-10-6-12-22(16-20)30-25(33)24(19-8-3-2-4-9-19)34-23(32)14-13-18-7-5-11-21(15-18)26(27,28)29/h2-16,24H,1H3,(H,30,33)/b14-13+. The number of esters is 1. The molecule has 0 fully saturated rings. The Hall–Kier alpha value is -4.20. The van der Waals surface area contributed by atoms with E-state index in [1.807, 2.05) is 0 Å². The molecule has 1 amide bonds. The summed E-state index contributed by atoms with van der Waals surface area (Å²) in [5.41, 5.74) is 0.429. The van der Waals surface area contributed by atoms with E-state index in [0.29, 0.717) is 16.8 Å². The van der Waals surface area contributed by atoms with E-state index in [0.717, 1.165) is 18.2 Å². The number of halogens is 3. The maximum Gasteiger partial charge on any atom is 0.416 e. The number of carbonyl (C=O) groups is 3. The molecule has 0 aliphatic carbocycles. The van der Waals surface area contributed by atoms with Crippen molar-refractivity contribution < 1.29 is 32.3 Å². The van der Waals surface area contributed by atoms with Gasteiger partial charge in [0.15, 0.2) is 5.78 Å².